The third-order valence-corrected chi connectivity index (χ3v) is 3.07. The summed E-state index contributed by atoms with van der Waals surface area (Å²) in [6.45, 7) is 1.82. The van der Waals surface area contributed by atoms with Gasteiger partial charge in [-0.05, 0) is 19.8 Å². The highest BCUT2D eigenvalue weighted by molar-refractivity contribution is 6.48. The lowest BCUT2D eigenvalue weighted by Crippen LogP contribution is -2.18. The van der Waals surface area contributed by atoms with Gasteiger partial charge in [-0.25, -0.2) is 9.59 Å². The third-order valence-electron chi connectivity index (χ3n) is 3.07. The van der Waals surface area contributed by atoms with Gasteiger partial charge in [-0.2, -0.15) is 0 Å². The van der Waals surface area contributed by atoms with Crippen LogP contribution in [0.4, 0.5) is 0 Å². The summed E-state index contributed by atoms with van der Waals surface area (Å²) in [4.78, 5) is 34.4. The van der Waals surface area contributed by atoms with Crippen LogP contribution in [0.3, 0.4) is 0 Å². The van der Waals surface area contributed by atoms with Crippen LogP contribution in [0.25, 0.3) is 0 Å². The molecule has 0 N–H and O–H groups in total. The molecule has 5 nitrogen and oxygen atoms in total. The van der Waals surface area contributed by atoms with Gasteiger partial charge in [-0.15, -0.1) is 0 Å². The Balaban J connectivity index is 2.30. The molecule has 0 radical (unpaired) electrons. The fourth-order valence-electron chi connectivity index (χ4n) is 2.28. The summed E-state index contributed by atoms with van der Waals surface area (Å²) in [6.07, 6.45) is 3.74. The number of esters is 2. The Morgan fingerprint density at radius 1 is 1.35 bits per heavy atom. The van der Waals surface area contributed by atoms with Crippen molar-refractivity contribution in [1.29, 1.82) is 0 Å². The molecule has 17 heavy (non-hydrogen) atoms. The first-order valence-corrected chi connectivity index (χ1v) is 5.83. The number of Topliss-reactive ketones (excluding diaryl/α,β-unsaturated/α-hetero) is 1. The number of carbonyl (C=O) groups excluding carboxylic acids is 3. The topological polar surface area (TPSA) is 69.7 Å². The number of allylic oxidation sites excluding steroid dienone is 1. The second-order valence-electron chi connectivity index (χ2n) is 4.16. The monoisotopic (exact) mass is 238 g/mol. The zero-order valence-corrected chi connectivity index (χ0v) is 9.65. The van der Waals surface area contributed by atoms with Crippen molar-refractivity contribution in [3.8, 4) is 0 Å². The lowest BCUT2D eigenvalue weighted by Gasteiger charge is -2.10. The lowest BCUT2D eigenvalue weighted by molar-refractivity contribution is -0.148. The highest BCUT2D eigenvalue weighted by Gasteiger charge is 2.42. The second kappa shape index (κ2) is 4.69. The Bertz CT molecular complexity index is 401. The van der Waals surface area contributed by atoms with Crippen molar-refractivity contribution in [1.82, 2.24) is 0 Å². The van der Waals surface area contributed by atoms with Gasteiger partial charge in [0.1, 0.15) is 5.76 Å². The van der Waals surface area contributed by atoms with Crippen LogP contribution in [-0.4, -0.2) is 24.3 Å². The Hall–Kier alpha value is -1.65. The van der Waals surface area contributed by atoms with Gasteiger partial charge in [-0.1, -0.05) is 12.8 Å². The minimum absolute atomic E-state index is 0.00445. The molecular weight excluding hydrogens is 224 g/mol. The maximum atomic E-state index is 11.6. The molecule has 0 amide bonds. The molecule has 1 saturated carbocycles. The predicted octanol–water partition coefficient (Wildman–Crippen LogP) is 1.12. The number of ether oxygens (including phenoxy) is 2. The molecule has 0 aromatic heterocycles. The van der Waals surface area contributed by atoms with Crippen molar-refractivity contribution < 1.29 is 23.9 Å². The first kappa shape index (κ1) is 11.8. The largest absolute Gasteiger partial charge is 0.462 e. The average molecular weight is 238 g/mol. The van der Waals surface area contributed by atoms with Crippen LogP contribution in [-0.2, 0) is 23.9 Å². The van der Waals surface area contributed by atoms with Crippen LogP contribution in [0, 0.1) is 5.92 Å². The molecule has 0 unspecified atom stereocenters. The molecule has 5 heteroatoms. The van der Waals surface area contributed by atoms with Crippen LogP contribution >= 0.6 is 0 Å². The number of hydrogen-bond donors (Lipinski definition) is 0. The second-order valence-corrected chi connectivity index (χ2v) is 4.16. The molecule has 1 aliphatic heterocycles. The Morgan fingerprint density at radius 2 is 2.00 bits per heavy atom. The molecular formula is C12H14O5. The van der Waals surface area contributed by atoms with Gasteiger partial charge in [0.05, 0.1) is 6.61 Å². The number of carbonyl (C=O) groups is 3. The van der Waals surface area contributed by atoms with Crippen LogP contribution in [0.15, 0.2) is 11.3 Å². The summed E-state index contributed by atoms with van der Waals surface area (Å²) in [5.41, 5.74) is -0.191. The predicted molar refractivity (Wildman–Crippen MR) is 56.7 cm³/mol. The molecule has 2 rings (SSSR count). The number of rotatable bonds is 3. The normalized spacial score (nSPS) is 21.0. The molecule has 2 aliphatic rings. The average Bonchev–Trinajstić information content (AvgIpc) is 2.88. The van der Waals surface area contributed by atoms with Crippen LogP contribution < -0.4 is 0 Å². The minimum atomic E-state index is -0.963. The number of ketones is 1. The summed E-state index contributed by atoms with van der Waals surface area (Å²) in [6, 6.07) is 0. The van der Waals surface area contributed by atoms with Crippen molar-refractivity contribution in [3.63, 3.8) is 0 Å². The third kappa shape index (κ3) is 2.09. The highest BCUT2D eigenvalue weighted by Crippen LogP contribution is 2.36. The molecule has 0 spiro atoms. The van der Waals surface area contributed by atoms with E-state index in [1.165, 1.54) is 0 Å². The van der Waals surface area contributed by atoms with Gasteiger partial charge in [0.2, 0.25) is 0 Å². The first-order valence-electron chi connectivity index (χ1n) is 5.83. The molecule has 1 fully saturated rings. The minimum Gasteiger partial charge on any atom is -0.462 e. The maximum Gasteiger partial charge on any atom is 0.385 e. The van der Waals surface area contributed by atoms with Gasteiger partial charge >= 0.3 is 11.9 Å². The Kier molecular flexibility index (Phi) is 3.26. The van der Waals surface area contributed by atoms with Gasteiger partial charge in [0.25, 0.3) is 5.78 Å². The van der Waals surface area contributed by atoms with Gasteiger partial charge in [0, 0.05) is 5.92 Å². The summed E-state index contributed by atoms with van der Waals surface area (Å²) in [7, 11) is 0. The van der Waals surface area contributed by atoms with Crippen LogP contribution in [0.1, 0.15) is 32.6 Å². The van der Waals surface area contributed by atoms with E-state index in [9.17, 15) is 14.4 Å². The summed E-state index contributed by atoms with van der Waals surface area (Å²) < 4.78 is 9.71. The van der Waals surface area contributed by atoms with E-state index in [1.807, 2.05) is 0 Å². The first-order chi connectivity index (χ1) is 8.15. The van der Waals surface area contributed by atoms with E-state index in [2.05, 4.69) is 0 Å². The van der Waals surface area contributed by atoms with E-state index in [4.69, 9.17) is 9.47 Å². The summed E-state index contributed by atoms with van der Waals surface area (Å²) in [5.74, 6) is -2.34. The van der Waals surface area contributed by atoms with Crippen molar-refractivity contribution in [2.75, 3.05) is 6.61 Å². The van der Waals surface area contributed by atoms with E-state index < -0.39 is 17.7 Å². The van der Waals surface area contributed by atoms with Crippen molar-refractivity contribution in [2.45, 2.75) is 32.6 Å². The van der Waals surface area contributed by atoms with Crippen molar-refractivity contribution in [3.05, 3.63) is 11.3 Å². The highest BCUT2D eigenvalue weighted by atomic mass is 16.6. The SMILES string of the molecule is CCOC(=O)C1=C(C2CCCC2)OC(=O)C1=O. The Morgan fingerprint density at radius 3 is 2.59 bits per heavy atom. The Labute approximate surface area is 98.8 Å². The molecule has 0 atom stereocenters. The maximum absolute atomic E-state index is 11.6. The summed E-state index contributed by atoms with van der Waals surface area (Å²) in [5, 5.41) is 0. The zero-order valence-electron chi connectivity index (χ0n) is 9.65. The molecule has 92 valence electrons. The summed E-state index contributed by atoms with van der Waals surface area (Å²) >= 11 is 0. The molecule has 0 aromatic rings. The molecule has 0 bridgehead atoms. The molecule has 0 aromatic carbocycles. The van der Waals surface area contributed by atoms with Crippen molar-refractivity contribution >= 4 is 17.7 Å². The standard InChI is InChI=1S/C12H14O5/c1-2-16-11(14)8-9(13)12(15)17-10(8)7-5-3-4-6-7/h7H,2-6H2,1H3. The fraction of sp³-hybridized carbons (Fsp3) is 0.583. The molecule has 0 saturated heterocycles. The van der Waals surface area contributed by atoms with Crippen molar-refractivity contribution in [2.24, 2.45) is 5.92 Å². The molecule has 1 heterocycles. The van der Waals surface area contributed by atoms with E-state index in [-0.39, 0.29) is 23.9 Å². The fourth-order valence-corrected chi connectivity index (χ4v) is 2.28. The molecule has 1 aliphatic carbocycles. The van der Waals surface area contributed by atoms with Crippen LogP contribution in [0.5, 0.6) is 0 Å². The zero-order chi connectivity index (χ0) is 12.4. The quantitative estimate of drug-likeness (QED) is 0.418. The van der Waals surface area contributed by atoms with E-state index in [1.54, 1.807) is 6.92 Å². The van der Waals surface area contributed by atoms with E-state index in [0.29, 0.717) is 0 Å². The van der Waals surface area contributed by atoms with E-state index in [0.717, 1.165) is 25.7 Å². The smallest absolute Gasteiger partial charge is 0.385 e. The number of hydrogen-bond acceptors (Lipinski definition) is 5. The lowest BCUT2D eigenvalue weighted by atomic mass is 10.0. The number of cyclic esters (lactones) is 1. The van der Waals surface area contributed by atoms with Crippen LogP contribution in [0.2, 0.25) is 0 Å². The van der Waals surface area contributed by atoms with Gasteiger partial charge in [-0.3, -0.25) is 4.79 Å². The van der Waals surface area contributed by atoms with Gasteiger partial charge in [0.15, 0.2) is 5.57 Å². The van der Waals surface area contributed by atoms with Gasteiger partial charge < -0.3 is 9.47 Å². The van der Waals surface area contributed by atoms with E-state index >= 15 is 0 Å².